The molecule has 21 heavy (non-hydrogen) atoms. The van der Waals surface area contributed by atoms with Crippen LogP contribution in [0.1, 0.15) is 0 Å². The van der Waals surface area contributed by atoms with Crippen LogP contribution < -0.4 is 13.4 Å². The minimum atomic E-state index is -1.48. The van der Waals surface area contributed by atoms with Crippen molar-refractivity contribution in [2.45, 2.75) is 0 Å². The van der Waals surface area contributed by atoms with Gasteiger partial charge >= 0.3 is 139 Å². The van der Waals surface area contributed by atoms with E-state index in [-0.39, 0.29) is 0 Å². The molecule has 0 radical (unpaired) electrons. The molecule has 0 bridgehead atoms. The molecule has 0 amide bonds. The van der Waals surface area contributed by atoms with Crippen LogP contribution in [0, 0.1) is 0 Å². The predicted octanol–water partition coefficient (Wildman–Crippen LogP) is 3.51. The zero-order valence-electron chi connectivity index (χ0n) is 11.2. The van der Waals surface area contributed by atoms with Gasteiger partial charge in [0.1, 0.15) is 0 Å². The molecular formula is C18H13Cl2Se+. The molecule has 0 fully saturated rings. The van der Waals surface area contributed by atoms with Crippen LogP contribution in [0.2, 0.25) is 10.0 Å². The van der Waals surface area contributed by atoms with Gasteiger partial charge in [0, 0.05) is 0 Å². The van der Waals surface area contributed by atoms with Crippen molar-refractivity contribution in [2.75, 3.05) is 0 Å². The van der Waals surface area contributed by atoms with Crippen molar-refractivity contribution < 1.29 is 0 Å². The molecule has 0 aliphatic heterocycles. The molecule has 3 rings (SSSR count). The van der Waals surface area contributed by atoms with E-state index in [1.165, 1.54) is 13.4 Å². The zero-order chi connectivity index (χ0) is 14.7. The first-order valence-electron chi connectivity index (χ1n) is 6.56. The molecule has 0 atom stereocenters. The van der Waals surface area contributed by atoms with Gasteiger partial charge in [0.15, 0.2) is 0 Å². The van der Waals surface area contributed by atoms with Crippen molar-refractivity contribution in [2.24, 2.45) is 0 Å². The molecule has 0 saturated carbocycles. The van der Waals surface area contributed by atoms with Gasteiger partial charge in [-0.25, -0.2) is 0 Å². The Morgan fingerprint density at radius 1 is 0.524 bits per heavy atom. The Balaban J connectivity index is 2.22. The van der Waals surface area contributed by atoms with E-state index >= 15 is 0 Å². The van der Waals surface area contributed by atoms with Crippen molar-refractivity contribution in [3.05, 3.63) is 88.9 Å². The van der Waals surface area contributed by atoms with Crippen LogP contribution in [-0.2, 0) is 0 Å². The molecule has 0 spiro atoms. The van der Waals surface area contributed by atoms with Crippen LogP contribution in [0.5, 0.6) is 0 Å². The number of benzene rings is 3. The summed E-state index contributed by atoms with van der Waals surface area (Å²) in [4.78, 5) is 0. The van der Waals surface area contributed by atoms with Gasteiger partial charge in [-0.05, 0) is 0 Å². The monoisotopic (exact) mass is 379 g/mol. The first-order valence-corrected chi connectivity index (χ1v) is 9.88. The second-order valence-electron chi connectivity index (χ2n) is 4.48. The maximum atomic E-state index is 6.46. The van der Waals surface area contributed by atoms with Gasteiger partial charge in [0.25, 0.3) is 0 Å². The summed E-state index contributed by atoms with van der Waals surface area (Å²) in [6.45, 7) is 0. The second-order valence-corrected chi connectivity index (χ2v) is 9.41. The van der Waals surface area contributed by atoms with Crippen molar-refractivity contribution in [3.63, 3.8) is 0 Å². The fourth-order valence-electron chi connectivity index (χ4n) is 2.15. The zero-order valence-corrected chi connectivity index (χ0v) is 14.4. The van der Waals surface area contributed by atoms with Crippen molar-refractivity contribution in [3.8, 4) is 0 Å². The minimum absolute atomic E-state index is 0.811. The summed E-state index contributed by atoms with van der Waals surface area (Å²) < 4.78 is 3.69. The Kier molecular flexibility index (Phi) is 4.67. The Hall–Kier alpha value is -1.24. The summed E-state index contributed by atoms with van der Waals surface area (Å²) in [5.74, 6) is 0. The fourth-order valence-corrected chi connectivity index (χ4v) is 7.69. The standard InChI is InChI=1S/C18H13Cl2Se/c19-15-10-4-6-12-17(15)21(14-8-2-1-3-9-14)18-13-7-5-11-16(18)20/h1-13H/q+1. The second kappa shape index (κ2) is 6.68. The fraction of sp³-hybridized carbons (Fsp3) is 0. The molecule has 3 heteroatoms. The van der Waals surface area contributed by atoms with Crippen LogP contribution in [0.4, 0.5) is 0 Å². The van der Waals surface area contributed by atoms with Gasteiger partial charge < -0.3 is 0 Å². The third-order valence-corrected chi connectivity index (χ3v) is 9.16. The molecule has 0 aliphatic carbocycles. The Morgan fingerprint density at radius 3 is 1.43 bits per heavy atom. The van der Waals surface area contributed by atoms with E-state index in [4.69, 9.17) is 23.2 Å². The molecule has 3 aromatic rings. The van der Waals surface area contributed by atoms with Crippen molar-refractivity contribution in [1.82, 2.24) is 0 Å². The summed E-state index contributed by atoms with van der Waals surface area (Å²) in [7, 11) is 0. The van der Waals surface area contributed by atoms with Crippen molar-refractivity contribution >= 4 is 50.5 Å². The molecule has 0 N–H and O–H groups in total. The third-order valence-electron chi connectivity index (χ3n) is 3.09. The van der Waals surface area contributed by atoms with Crippen LogP contribution in [-0.4, -0.2) is 13.9 Å². The molecule has 3 aromatic carbocycles. The van der Waals surface area contributed by atoms with E-state index in [1.807, 2.05) is 42.5 Å². The summed E-state index contributed by atoms with van der Waals surface area (Å²) in [6, 6.07) is 26.6. The summed E-state index contributed by atoms with van der Waals surface area (Å²) >= 11 is 11.4. The number of rotatable bonds is 3. The first kappa shape index (κ1) is 14.7. The Bertz CT molecular complexity index is 695. The van der Waals surface area contributed by atoms with Gasteiger partial charge in [0.2, 0.25) is 0 Å². The van der Waals surface area contributed by atoms with Crippen LogP contribution in [0.25, 0.3) is 0 Å². The van der Waals surface area contributed by atoms with Gasteiger partial charge in [-0.1, -0.05) is 0 Å². The normalized spacial score (nSPS) is 10.8. The van der Waals surface area contributed by atoms with E-state index in [1.54, 1.807) is 0 Å². The van der Waals surface area contributed by atoms with Crippen LogP contribution in [0.3, 0.4) is 0 Å². The Labute approximate surface area is 139 Å². The van der Waals surface area contributed by atoms with Gasteiger partial charge in [0.05, 0.1) is 0 Å². The predicted molar refractivity (Wildman–Crippen MR) is 94.0 cm³/mol. The molecule has 0 aliphatic rings. The molecule has 0 nitrogen and oxygen atoms in total. The summed E-state index contributed by atoms with van der Waals surface area (Å²) in [6.07, 6.45) is 0. The topological polar surface area (TPSA) is 0 Å². The molecule has 0 unspecified atom stereocenters. The molecule has 0 heterocycles. The van der Waals surface area contributed by atoms with E-state index < -0.39 is 13.9 Å². The van der Waals surface area contributed by atoms with Crippen molar-refractivity contribution in [1.29, 1.82) is 0 Å². The number of hydrogen-bond donors (Lipinski definition) is 0. The average molecular weight is 379 g/mol. The number of hydrogen-bond acceptors (Lipinski definition) is 0. The van der Waals surface area contributed by atoms with Crippen LogP contribution >= 0.6 is 23.2 Å². The van der Waals surface area contributed by atoms with E-state index in [9.17, 15) is 0 Å². The first-order chi connectivity index (χ1) is 10.3. The van der Waals surface area contributed by atoms with E-state index in [0.717, 1.165) is 10.0 Å². The summed E-state index contributed by atoms with van der Waals surface area (Å²) in [5, 5.41) is 1.62. The molecule has 104 valence electrons. The Morgan fingerprint density at radius 2 is 0.952 bits per heavy atom. The van der Waals surface area contributed by atoms with Gasteiger partial charge in [-0.2, -0.15) is 0 Å². The molecule has 0 saturated heterocycles. The number of halogens is 2. The quantitative estimate of drug-likeness (QED) is 0.612. The maximum absolute atomic E-state index is 6.46. The van der Waals surface area contributed by atoms with Gasteiger partial charge in [-0.3, -0.25) is 0 Å². The van der Waals surface area contributed by atoms with E-state index in [2.05, 4.69) is 36.4 Å². The third kappa shape index (κ3) is 3.17. The average Bonchev–Trinajstić information content (AvgIpc) is 2.52. The molecular weight excluding hydrogens is 366 g/mol. The van der Waals surface area contributed by atoms with Crippen LogP contribution in [0.15, 0.2) is 78.9 Å². The SMILES string of the molecule is Clc1ccccc1[Se+](c1ccccc1)c1ccccc1Cl. The molecule has 0 aromatic heterocycles. The van der Waals surface area contributed by atoms with Gasteiger partial charge in [-0.15, -0.1) is 0 Å². The summed E-state index contributed by atoms with van der Waals surface area (Å²) in [5.41, 5.74) is 0. The van der Waals surface area contributed by atoms with E-state index in [0.29, 0.717) is 0 Å².